The van der Waals surface area contributed by atoms with E-state index in [-0.39, 0.29) is 23.6 Å². The molecule has 1 aliphatic heterocycles. The molecule has 0 aliphatic carbocycles. The second-order valence-corrected chi connectivity index (χ2v) is 7.23. The van der Waals surface area contributed by atoms with Crippen molar-refractivity contribution in [3.05, 3.63) is 64.9 Å². The summed E-state index contributed by atoms with van der Waals surface area (Å²) in [5.41, 5.74) is 2.76. The maximum absolute atomic E-state index is 13.9. The van der Waals surface area contributed by atoms with Gasteiger partial charge in [-0.2, -0.15) is 0 Å². The fourth-order valence-electron chi connectivity index (χ4n) is 2.98. The van der Waals surface area contributed by atoms with Crippen LogP contribution in [0.5, 0.6) is 0 Å². The molecule has 0 saturated carbocycles. The first-order valence-corrected chi connectivity index (χ1v) is 9.86. The van der Waals surface area contributed by atoms with Crippen LogP contribution in [0.25, 0.3) is 0 Å². The van der Waals surface area contributed by atoms with Gasteiger partial charge in [-0.05, 0) is 55.5 Å². The Morgan fingerprint density at radius 1 is 1.17 bits per heavy atom. The second kappa shape index (κ2) is 9.19. The predicted molar refractivity (Wildman–Crippen MR) is 114 cm³/mol. The van der Waals surface area contributed by atoms with Crippen LogP contribution in [0.1, 0.15) is 23.7 Å². The number of hydrogen-bond acceptors (Lipinski definition) is 4. The number of hydrogen-bond donors (Lipinski definition) is 2. The van der Waals surface area contributed by atoms with Crippen LogP contribution in [-0.2, 0) is 9.59 Å². The van der Waals surface area contributed by atoms with Crippen LogP contribution in [0, 0.1) is 5.82 Å². The molecule has 7 nitrogen and oxygen atoms in total. The number of anilines is 1. The third-order valence-corrected chi connectivity index (χ3v) is 5.13. The van der Waals surface area contributed by atoms with E-state index in [0.29, 0.717) is 10.7 Å². The standard InChI is InChI=1S/C20H18ClFN4O3S/c1-2-25-19(29)16(11-17(27)23-13-9-7-12(21)8-10-13)26(20(25)30)24-18(28)14-5-3-4-6-15(14)22/h3-10,16H,2,11H2,1H3,(H,23,27)(H,24,28)/t16-/m1/s1. The van der Waals surface area contributed by atoms with Gasteiger partial charge in [0.1, 0.15) is 11.9 Å². The van der Waals surface area contributed by atoms with E-state index >= 15 is 0 Å². The molecule has 0 bridgehead atoms. The van der Waals surface area contributed by atoms with Crippen LogP contribution in [-0.4, -0.2) is 45.3 Å². The van der Waals surface area contributed by atoms with Gasteiger partial charge in [-0.15, -0.1) is 0 Å². The van der Waals surface area contributed by atoms with E-state index in [1.54, 1.807) is 31.2 Å². The molecule has 3 amide bonds. The quantitative estimate of drug-likeness (QED) is 0.664. The van der Waals surface area contributed by atoms with E-state index in [4.69, 9.17) is 23.8 Å². The maximum atomic E-state index is 13.9. The van der Waals surface area contributed by atoms with E-state index in [1.807, 2.05) is 0 Å². The Bertz CT molecular complexity index is 1000. The first kappa shape index (κ1) is 21.7. The van der Waals surface area contributed by atoms with E-state index in [2.05, 4.69) is 10.7 Å². The molecule has 0 unspecified atom stereocenters. The number of amides is 3. The molecule has 1 aliphatic rings. The number of thiocarbonyl (C=S) groups is 1. The first-order chi connectivity index (χ1) is 14.3. The highest BCUT2D eigenvalue weighted by Crippen LogP contribution is 2.21. The number of nitrogens with one attached hydrogen (secondary N) is 2. The SMILES string of the molecule is CCN1C(=O)[C@@H](CC(=O)Nc2ccc(Cl)cc2)N(NC(=O)c2ccccc2F)C1=S. The lowest BCUT2D eigenvalue weighted by molar-refractivity contribution is -0.130. The molecule has 3 rings (SSSR count). The van der Waals surface area contributed by atoms with Crippen molar-refractivity contribution < 1.29 is 18.8 Å². The minimum absolute atomic E-state index is 0.0384. The summed E-state index contributed by atoms with van der Waals surface area (Å²) < 4.78 is 13.9. The van der Waals surface area contributed by atoms with E-state index in [9.17, 15) is 18.8 Å². The van der Waals surface area contributed by atoms with Gasteiger partial charge in [0.25, 0.3) is 11.8 Å². The Morgan fingerprint density at radius 3 is 2.47 bits per heavy atom. The molecule has 10 heteroatoms. The topological polar surface area (TPSA) is 81.8 Å². The molecule has 1 heterocycles. The number of rotatable bonds is 6. The van der Waals surface area contributed by atoms with Gasteiger partial charge in [-0.25, -0.2) is 9.40 Å². The van der Waals surface area contributed by atoms with Gasteiger partial charge in [0, 0.05) is 17.3 Å². The number of nitrogens with zero attached hydrogens (tertiary/aromatic N) is 2. The van der Waals surface area contributed by atoms with Crippen molar-refractivity contribution in [2.24, 2.45) is 0 Å². The maximum Gasteiger partial charge on any atom is 0.272 e. The third kappa shape index (κ3) is 4.58. The zero-order chi connectivity index (χ0) is 21.8. The Balaban J connectivity index is 1.77. The van der Waals surface area contributed by atoms with E-state index < -0.39 is 29.6 Å². The van der Waals surface area contributed by atoms with Crippen LogP contribution in [0.4, 0.5) is 10.1 Å². The fraction of sp³-hybridized carbons (Fsp3) is 0.200. The molecular weight excluding hydrogens is 431 g/mol. The number of carbonyl (C=O) groups excluding carboxylic acids is 3. The summed E-state index contributed by atoms with van der Waals surface area (Å²) >= 11 is 11.1. The predicted octanol–water partition coefficient (Wildman–Crippen LogP) is 2.97. The van der Waals surface area contributed by atoms with Crippen LogP contribution in [0.3, 0.4) is 0 Å². The lowest BCUT2D eigenvalue weighted by atomic mass is 10.1. The zero-order valence-corrected chi connectivity index (χ0v) is 17.5. The van der Waals surface area contributed by atoms with Gasteiger partial charge in [0.05, 0.1) is 12.0 Å². The van der Waals surface area contributed by atoms with Gasteiger partial charge in [-0.3, -0.25) is 24.7 Å². The molecule has 2 aromatic carbocycles. The highest BCUT2D eigenvalue weighted by molar-refractivity contribution is 7.80. The molecule has 2 aromatic rings. The lowest BCUT2D eigenvalue weighted by Crippen LogP contribution is -2.49. The number of hydrazine groups is 1. The average Bonchev–Trinajstić information content (AvgIpc) is 2.93. The smallest absolute Gasteiger partial charge is 0.272 e. The number of benzene rings is 2. The first-order valence-electron chi connectivity index (χ1n) is 9.07. The van der Waals surface area contributed by atoms with Gasteiger partial charge >= 0.3 is 0 Å². The summed E-state index contributed by atoms with van der Waals surface area (Å²) in [5.74, 6) is -2.37. The molecule has 0 spiro atoms. The molecule has 0 aromatic heterocycles. The summed E-state index contributed by atoms with van der Waals surface area (Å²) in [6, 6.07) is 10.9. The molecule has 30 heavy (non-hydrogen) atoms. The molecule has 2 N–H and O–H groups in total. The Hall–Kier alpha value is -3.04. The minimum atomic E-state index is -1.06. The number of likely N-dealkylation sites (N-methyl/N-ethyl adjacent to an activating group) is 1. The van der Waals surface area contributed by atoms with Gasteiger partial charge < -0.3 is 5.32 Å². The van der Waals surface area contributed by atoms with Crippen LogP contribution < -0.4 is 10.7 Å². The highest BCUT2D eigenvalue weighted by Gasteiger charge is 2.44. The highest BCUT2D eigenvalue weighted by atomic mass is 35.5. The van der Waals surface area contributed by atoms with Gasteiger partial charge in [-0.1, -0.05) is 23.7 Å². The van der Waals surface area contributed by atoms with Crippen molar-refractivity contribution in [1.82, 2.24) is 15.3 Å². The zero-order valence-electron chi connectivity index (χ0n) is 15.9. The van der Waals surface area contributed by atoms with Crippen LogP contribution in [0.15, 0.2) is 48.5 Å². The molecular formula is C20H18ClFN4O3S. The summed E-state index contributed by atoms with van der Waals surface area (Å²) in [6.45, 7) is 1.98. The number of carbonyl (C=O) groups is 3. The van der Waals surface area contributed by atoms with Crippen molar-refractivity contribution in [2.75, 3.05) is 11.9 Å². The summed E-state index contributed by atoms with van der Waals surface area (Å²) in [6.07, 6.45) is -0.268. The van der Waals surface area contributed by atoms with Gasteiger partial charge in [0.2, 0.25) is 5.91 Å². The largest absolute Gasteiger partial charge is 0.326 e. The van der Waals surface area contributed by atoms with Crippen molar-refractivity contribution in [3.8, 4) is 0 Å². The van der Waals surface area contributed by atoms with Crippen molar-refractivity contribution in [1.29, 1.82) is 0 Å². The molecule has 0 radical (unpaired) electrons. The van der Waals surface area contributed by atoms with Crippen LogP contribution >= 0.6 is 23.8 Å². The average molecular weight is 449 g/mol. The van der Waals surface area contributed by atoms with Crippen molar-refractivity contribution >= 4 is 52.3 Å². The fourth-order valence-corrected chi connectivity index (χ4v) is 3.50. The lowest BCUT2D eigenvalue weighted by Gasteiger charge is -2.24. The summed E-state index contributed by atoms with van der Waals surface area (Å²) in [4.78, 5) is 39.1. The Morgan fingerprint density at radius 2 is 1.83 bits per heavy atom. The van der Waals surface area contributed by atoms with Crippen molar-refractivity contribution in [2.45, 2.75) is 19.4 Å². The van der Waals surface area contributed by atoms with Gasteiger partial charge in [0.15, 0.2) is 5.11 Å². The Kier molecular flexibility index (Phi) is 6.63. The molecule has 156 valence electrons. The van der Waals surface area contributed by atoms with Crippen molar-refractivity contribution in [3.63, 3.8) is 0 Å². The normalized spacial score (nSPS) is 16.0. The van der Waals surface area contributed by atoms with E-state index in [1.165, 1.54) is 23.1 Å². The molecule has 1 fully saturated rings. The monoisotopic (exact) mass is 448 g/mol. The molecule has 1 atom stereocenters. The summed E-state index contributed by atoms with van der Waals surface area (Å²) in [5, 5.41) is 4.36. The molecule has 1 saturated heterocycles. The van der Waals surface area contributed by atoms with E-state index in [0.717, 1.165) is 11.1 Å². The second-order valence-electron chi connectivity index (χ2n) is 6.43. The summed E-state index contributed by atoms with van der Waals surface area (Å²) in [7, 11) is 0. The Labute approximate surface area is 182 Å². The number of halogens is 2. The van der Waals surface area contributed by atoms with Crippen LogP contribution in [0.2, 0.25) is 5.02 Å². The minimum Gasteiger partial charge on any atom is -0.326 e. The third-order valence-electron chi connectivity index (χ3n) is 4.46.